The second-order valence-electron chi connectivity index (χ2n) is 6.58. The number of carbonyl (C=O) groups excluding carboxylic acids is 2. The summed E-state index contributed by atoms with van der Waals surface area (Å²) in [5.41, 5.74) is -0.0589. The number of ether oxygens (including phenoxy) is 1. The maximum absolute atomic E-state index is 12.9. The fraction of sp³-hybridized carbons (Fsp3) is 0.579. The Hall–Kier alpha value is -1.68. The van der Waals surface area contributed by atoms with Crippen LogP contribution in [-0.4, -0.2) is 29.1 Å². The lowest BCUT2D eigenvalue weighted by molar-refractivity contribution is -0.158. The molecule has 0 amide bonds. The highest BCUT2D eigenvalue weighted by Gasteiger charge is 2.49. The first-order valence-corrected chi connectivity index (χ1v) is 8.44. The van der Waals surface area contributed by atoms with Gasteiger partial charge in [-0.1, -0.05) is 51.0 Å². The van der Waals surface area contributed by atoms with Gasteiger partial charge in [-0.3, -0.25) is 9.59 Å². The lowest BCUT2D eigenvalue weighted by Gasteiger charge is -2.37. The lowest BCUT2D eigenvalue weighted by atomic mass is 9.71. The Kier molecular flexibility index (Phi) is 5.58. The summed E-state index contributed by atoms with van der Waals surface area (Å²) in [4.78, 5) is 25.0. The molecule has 0 radical (unpaired) electrons. The molecule has 2 unspecified atom stereocenters. The van der Waals surface area contributed by atoms with Gasteiger partial charge in [0, 0.05) is 5.56 Å². The van der Waals surface area contributed by atoms with Crippen molar-refractivity contribution in [2.45, 2.75) is 58.0 Å². The summed E-state index contributed by atoms with van der Waals surface area (Å²) in [5, 5.41) is 11.0. The fourth-order valence-corrected chi connectivity index (χ4v) is 3.25. The average molecular weight is 318 g/mol. The van der Waals surface area contributed by atoms with E-state index in [1.807, 2.05) is 12.1 Å². The number of ketones is 1. The third-order valence-corrected chi connectivity index (χ3v) is 4.68. The van der Waals surface area contributed by atoms with Crippen molar-refractivity contribution in [2.75, 3.05) is 6.61 Å². The highest BCUT2D eigenvalue weighted by Crippen LogP contribution is 2.37. The minimum absolute atomic E-state index is 0.253. The van der Waals surface area contributed by atoms with Gasteiger partial charge in [0.15, 0.2) is 5.78 Å². The summed E-state index contributed by atoms with van der Waals surface area (Å²) in [5.74, 6) is -1.23. The van der Waals surface area contributed by atoms with E-state index in [2.05, 4.69) is 13.8 Å². The van der Waals surface area contributed by atoms with Crippen molar-refractivity contribution in [3.05, 3.63) is 35.4 Å². The first-order chi connectivity index (χ1) is 10.9. The number of benzene rings is 1. The average Bonchev–Trinajstić information content (AvgIpc) is 2.54. The minimum Gasteiger partial charge on any atom is -0.466 e. The highest BCUT2D eigenvalue weighted by atomic mass is 16.5. The summed E-state index contributed by atoms with van der Waals surface area (Å²) in [6.45, 7) is 6.15. The summed E-state index contributed by atoms with van der Waals surface area (Å²) in [6.07, 6.45) is 2.36. The molecule has 0 aromatic heterocycles. The molecule has 1 saturated carbocycles. The Morgan fingerprint density at radius 1 is 1.26 bits per heavy atom. The number of aliphatic hydroxyl groups is 1. The van der Waals surface area contributed by atoms with E-state index in [9.17, 15) is 14.7 Å². The third-order valence-electron chi connectivity index (χ3n) is 4.68. The Bertz CT molecular complexity index is 561. The van der Waals surface area contributed by atoms with Crippen LogP contribution in [0.1, 0.15) is 68.3 Å². The van der Waals surface area contributed by atoms with Gasteiger partial charge in [0.25, 0.3) is 0 Å². The SMILES string of the molecule is CCOC(=O)C1CCCCC1(O)C(=O)c1ccc(C(C)C)cc1. The molecule has 4 nitrogen and oxygen atoms in total. The van der Waals surface area contributed by atoms with E-state index in [0.29, 0.717) is 24.3 Å². The molecule has 4 heteroatoms. The van der Waals surface area contributed by atoms with Crippen LogP contribution in [0.5, 0.6) is 0 Å². The van der Waals surface area contributed by atoms with Crippen molar-refractivity contribution in [2.24, 2.45) is 5.92 Å². The molecule has 23 heavy (non-hydrogen) atoms. The van der Waals surface area contributed by atoms with E-state index in [4.69, 9.17) is 4.74 Å². The number of hydrogen-bond donors (Lipinski definition) is 1. The van der Waals surface area contributed by atoms with E-state index in [1.54, 1.807) is 19.1 Å². The number of Topliss-reactive ketones (excluding diaryl/α,β-unsaturated/α-hetero) is 1. The zero-order valence-electron chi connectivity index (χ0n) is 14.2. The second kappa shape index (κ2) is 7.26. The topological polar surface area (TPSA) is 63.6 Å². The maximum Gasteiger partial charge on any atom is 0.312 e. The number of hydrogen-bond acceptors (Lipinski definition) is 4. The molecule has 0 aliphatic heterocycles. The Morgan fingerprint density at radius 3 is 2.48 bits per heavy atom. The van der Waals surface area contributed by atoms with E-state index in [1.165, 1.54) is 0 Å². The summed E-state index contributed by atoms with van der Waals surface area (Å²) in [6, 6.07) is 7.30. The monoisotopic (exact) mass is 318 g/mol. The Labute approximate surface area is 137 Å². The van der Waals surface area contributed by atoms with Crippen LogP contribution >= 0.6 is 0 Å². The molecule has 1 aromatic carbocycles. The molecule has 2 rings (SSSR count). The molecule has 0 bridgehead atoms. The van der Waals surface area contributed by atoms with E-state index >= 15 is 0 Å². The van der Waals surface area contributed by atoms with Crippen LogP contribution in [0.4, 0.5) is 0 Å². The smallest absolute Gasteiger partial charge is 0.312 e. The second-order valence-corrected chi connectivity index (χ2v) is 6.58. The highest BCUT2D eigenvalue weighted by molar-refractivity contribution is 6.04. The number of rotatable bonds is 5. The standard InChI is InChI=1S/C19H26O4/c1-4-23-18(21)16-7-5-6-12-19(16,22)17(20)15-10-8-14(9-11-15)13(2)3/h8-11,13,16,22H,4-7,12H2,1-3H3. The molecule has 0 heterocycles. The zero-order chi connectivity index (χ0) is 17.0. The van der Waals surface area contributed by atoms with Gasteiger partial charge in [0.05, 0.1) is 12.5 Å². The fourth-order valence-electron chi connectivity index (χ4n) is 3.25. The molecule has 1 aromatic rings. The largest absolute Gasteiger partial charge is 0.466 e. The predicted molar refractivity (Wildman–Crippen MR) is 88.4 cm³/mol. The first-order valence-electron chi connectivity index (χ1n) is 8.44. The quantitative estimate of drug-likeness (QED) is 0.667. The van der Waals surface area contributed by atoms with Gasteiger partial charge in [-0.2, -0.15) is 0 Å². The summed E-state index contributed by atoms with van der Waals surface area (Å²) in [7, 11) is 0. The van der Waals surface area contributed by atoms with Gasteiger partial charge in [-0.15, -0.1) is 0 Å². The van der Waals surface area contributed by atoms with Crippen molar-refractivity contribution >= 4 is 11.8 Å². The molecule has 0 spiro atoms. The molecular formula is C19H26O4. The molecular weight excluding hydrogens is 292 g/mol. The van der Waals surface area contributed by atoms with Crippen molar-refractivity contribution in [1.29, 1.82) is 0 Å². The van der Waals surface area contributed by atoms with Crippen LogP contribution < -0.4 is 0 Å². The van der Waals surface area contributed by atoms with Crippen LogP contribution in [0.15, 0.2) is 24.3 Å². The van der Waals surface area contributed by atoms with Gasteiger partial charge in [-0.05, 0) is 31.2 Å². The van der Waals surface area contributed by atoms with E-state index in [-0.39, 0.29) is 12.4 Å². The van der Waals surface area contributed by atoms with Gasteiger partial charge in [0.1, 0.15) is 5.60 Å². The summed E-state index contributed by atoms with van der Waals surface area (Å²) >= 11 is 0. The van der Waals surface area contributed by atoms with Crippen LogP contribution in [0.3, 0.4) is 0 Å². The Balaban J connectivity index is 2.27. The Morgan fingerprint density at radius 2 is 1.91 bits per heavy atom. The van der Waals surface area contributed by atoms with Crippen LogP contribution in [0.2, 0.25) is 0 Å². The lowest BCUT2D eigenvalue weighted by Crippen LogP contribution is -2.51. The van der Waals surface area contributed by atoms with Crippen LogP contribution in [-0.2, 0) is 9.53 Å². The normalized spacial score (nSPS) is 24.5. The zero-order valence-corrected chi connectivity index (χ0v) is 14.2. The van der Waals surface area contributed by atoms with Crippen LogP contribution in [0.25, 0.3) is 0 Å². The minimum atomic E-state index is -1.65. The molecule has 1 aliphatic carbocycles. The molecule has 2 atom stereocenters. The van der Waals surface area contributed by atoms with E-state index in [0.717, 1.165) is 18.4 Å². The van der Waals surface area contributed by atoms with Gasteiger partial charge < -0.3 is 9.84 Å². The maximum atomic E-state index is 12.9. The van der Waals surface area contributed by atoms with Crippen molar-refractivity contribution < 1.29 is 19.4 Å². The van der Waals surface area contributed by atoms with Gasteiger partial charge in [0.2, 0.25) is 0 Å². The molecule has 1 fully saturated rings. The molecule has 126 valence electrons. The predicted octanol–water partition coefficient (Wildman–Crippen LogP) is 3.48. The molecule has 0 saturated heterocycles. The van der Waals surface area contributed by atoms with Crippen molar-refractivity contribution in [1.82, 2.24) is 0 Å². The number of esters is 1. The van der Waals surface area contributed by atoms with Crippen molar-refractivity contribution in [3.8, 4) is 0 Å². The number of carbonyl (C=O) groups is 2. The van der Waals surface area contributed by atoms with Crippen molar-refractivity contribution in [3.63, 3.8) is 0 Å². The van der Waals surface area contributed by atoms with Gasteiger partial charge in [-0.25, -0.2) is 0 Å². The third kappa shape index (κ3) is 3.63. The summed E-state index contributed by atoms with van der Waals surface area (Å²) < 4.78 is 5.06. The first kappa shape index (κ1) is 17.7. The van der Waals surface area contributed by atoms with E-state index < -0.39 is 17.5 Å². The van der Waals surface area contributed by atoms with Gasteiger partial charge >= 0.3 is 5.97 Å². The van der Waals surface area contributed by atoms with Crippen LogP contribution in [0, 0.1) is 5.92 Å². The molecule has 1 aliphatic rings. The molecule has 1 N–H and O–H groups in total.